The summed E-state index contributed by atoms with van der Waals surface area (Å²) in [5.74, 6) is -0.744. The highest BCUT2D eigenvalue weighted by molar-refractivity contribution is 5.88. The van der Waals surface area contributed by atoms with Crippen LogP contribution >= 0.6 is 0 Å². The Bertz CT molecular complexity index is 1220. The topological polar surface area (TPSA) is 88.2 Å². The van der Waals surface area contributed by atoms with Crippen molar-refractivity contribution in [3.05, 3.63) is 64.2 Å². The molecule has 30 heavy (non-hydrogen) atoms. The highest BCUT2D eigenvalue weighted by Crippen LogP contribution is 2.23. The molecule has 1 amide bonds. The molecule has 7 nitrogen and oxygen atoms in total. The van der Waals surface area contributed by atoms with Crippen LogP contribution in [0, 0.1) is 17.1 Å². The molecule has 0 aliphatic carbocycles. The van der Waals surface area contributed by atoms with Gasteiger partial charge < -0.3 is 4.74 Å². The number of carbonyl (C=O) groups excluding carboxylic acids is 1. The standard InChI is InChI=1S/C22H21FN4O3/c1-5-26(21(29)30-22(2,3)4)20-25-17-11-7-10-16(23)18(17)19(28)27(20)15-9-6-8-14(12-15)13-24/h6-12H,5H2,1-4H3. The number of rotatable bonds is 3. The number of benzene rings is 2. The first-order chi connectivity index (χ1) is 14.2. The van der Waals surface area contributed by atoms with Crippen molar-refractivity contribution < 1.29 is 13.9 Å². The van der Waals surface area contributed by atoms with Gasteiger partial charge in [-0.1, -0.05) is 12.1 Å². The smallest absolute Gasteiger partial charge is 0.417 e. The molecule has 3 aromatic rings. The molecule has 3 rings (SSSR count). The molecule has 0 unspecified atom stereocenters. The van der Waals surface area contributed by atoms with Crippen LogP contribution in [0.5, 0.6) is 0 Å². The molecule has 0 N–H and O–H groups in total. The third kappa shape index (κ3) is 4.01. The van der Waals surface area contributed by atoms with Gasteiger partial charge in [0.15, 0.2) is 0 Å². The molecule has 0 radical (unpaired) electrons. The van der Waals surface area contributed by atoms with E-state index in [1.54, 1.807) is 45.9 Å². The van der Waals surface area contributed by atoms with Gasteiger partial charge in [0.1, 0.15) is 16.8 Å². The molecular weight excluding hydrogens is 387 g/mol. The number of hydrogen-bond donors (Lipinski definition) is 0. The zero-order chi connectivity index (χ0) is 22.1. The summed E-state index contributed by atoms with van der Waals surface area (Å²) in [6.07, 6.45) is -0.696. The van der Waals surface area contributed by atoms with Crippen molar-refractivity contribution in [2.45, 2.75) is 33.3 Å². The largest absolute Gasteiger partial charge is 0.443 e. The molecule has 0 atom stereocenters. The third-order valence-corrected chi connectivity index (χ3v) is 4.23. The summed E-state index contributed by atoms with van der Waals surface area (Å²) >= 11 is 0. The fourth-order valence-corrected chi connectivity index (χ4v) is 2.98. The number of aromatic nitrogens is 2. The lowest BCUT2D eigenvalue weighted by Gasteiger charge is -2.27. The van der Waals surface area contributed by atoms with E-state index in [0.29, 0.717) is 5.56 Å². The predicted molar refractivity (Wildman–Crippen MR) is 111 cm³/mol. The average molecular weight is 408 g/mol. The van der Waals surface area contributed by atoms with E-state index in [0.717, 1.165) is 4.57 Å². The van der Waals surface area contributed by atoms with E-state index in [2.05, 4.69) is 4.98 Å². The number of anilines is 1. The molecule has 154 valence electrons. The number of fused-ring (bicyclic) bond motifs is 1. The summed E-state index contributed by atoms with van der Waals surface area (Å²) in [5.41, 5.74) is -0.748. The zero-order valence-corrected chi connectivity index (χ0v) is 17.1. The Morgan fingerprint density at radius 3 is 2.60 bits per heavy atom. The molecule has 8 heteroatoms. The van der Waals surface area contributed by atoms with Crippen LogP contribution in [-0.2, 0) is 4.74 Å². The summed E-state index contributed by atoms with van der Waals surface area (Å²) in [7, 11) is 0. The van der Waals surface area contributed by atoms with Crippen LogP contribution in [-0.4, -0.2) is 27.8 Å². The van der Waals surface area contributed by atoms with E-state index in [-0.39, 0.29) is 29.1 Å². The van der Waals surface area contributed by atoms with Gasteiger partial charge in [-0.05, 0) is 58.0 Å². The number of amides is 1. The Morgan fingerprint density at radius 2 is 1.97 bits per heavy atom. The van der Waals surface area contributed by atoms with E-state index in [1.165, 1.54) is 29.2 Å². The van der Waals surface area contributed by atoms with Crippen LogP contribution in [0.1, 0.15) is 33.3 Å². The van der Waals surface area contributed by atoms with Gasteiger partial charge in [0.25, 0.3) is 5.56 Å². The Morgan fingerprint density at radius 1 is 1.27 bits per heavy atom. The monoisotopic (exact) mass is 408 g/mol. The molecule has 2 aromatic carbocycles. The van der Waals surface area contributed by atoms with Crippen molar-refractivity contribution in [3.63, 3.8) is 0 Å². The highest BCUT2D eigenvalue weighted by Gasteiger charge is 2.27. The van der Waals surface area contributed by atoms with Gasteiger partial charge in [0.05, 0.1) is 22.8 Å². The maximum atomic E-state index is 14.5. The first kappa shape index (κ1) is 21.0. The first-order valence-corrected chi connectivity index (χ1v) is 9.38. The molecule has 0 saturated heterocycles. The molecule has 0 bridgehead atoms. The second-order valence-electron chi connectivity index (χ2n) is 7.57. The van der Waals surface area contributed by atoms with Gasteiger partial charge in [-0.25, -0.2) is 23.6 Å². The number of halogens is 1. The predicted octanol–water partition coefficient (Wildman–Crippen LogP) is 4.16. The number of nitrogens with zero attached hydrogens (tertiary/aromatic N) is 4. The Kier molecular flexibility index (Phi) is 5.56. The van der Waals surface area contributed by atoms with Gasteiger partial charge in [0, 0.05) is 6.54 Å². The highest BCUT2D eigenvalue weighted by atomic mass is 19.1. The summed E-state index contributed by atoms with van der Waals surface area (Å²) in [5, 5.41) is 9.03. The fourth-order valence-electron chi connectivity index (χ4n) is 2.98. The van der Waals surface area contributed by atoms with E-state index in [9.17, 15) is 19.2 Å². The Labute approximate surface area is 172 Å². The SMILES string of the molecule is CCN(C(=O)OC(C)(C)C)c1nc2cccc(F)c2c(=O)n1-c1cccc(C#N)c1. The van der Waals surface area contributed by atoms with Crippen molar-refractivity contribution in [3.8, 4) is 11.8 Å². The van der Waals surface area contributed by atoms with E-state index < -0.39 is 23.1 Å². The van der Waals surface area contributed by atoms with Crippen molar-refractivity contribution >= 4 is 22.9 Å². The summed E-state index contributed by atoms with van der Waals surface area (Å²) in [4.78, 5) is 31.8. The van der Waals surface area contributed by atoms with Crippen molar-refractivity contribution in [1.82, 2.24) is 9.55 Å². The first-order valence-electron chi connectivity index (χ1n) is 9.38. The van der Waals surface area contributed by atoms with Gasteiger partial charge in [0.2, 0.25) is 5.95 Å². The number of hydrogen-bond acceptors (Lipinski definition) is 5. The lowest BCUT2D eigenvalue weighted by molar-refractivity contribution is 0.0579. The maximum Gasteiger partial charge on any atom is 0.417 e. The van der Waals surface area contributed by atoms with Crippen LogP contribution in [0.3, 0.4) is 0 Å². The minimum absolute atomic E-state index is 0.0232. The molecular formula is C22H21FN4O3. The molecule has 1 aromatic heterocycles. The molecule has 0 aliphatic heterocycles. The minimum Gasteiger partial charge on any atom is -0.443 e. The second kappa shape index (κ2) is 7.95. The molecule has 0 spiro atoms. The van der Waals surface area contributed by atoms with E-state index >= 15 is 0 Å². The Balaban J connectivity index is 2.35. The number of nitriles is 1. The number of carbonyl (C=O) groups is 1. The second-order valence-corrected chi connectivity index (χ2v) is 7.57. The summed E-state index contributed by atoms with van der Waals surface area (Å²) in [6, 6.07) is 12.4. The van der Waals surface area contributed by atoms with Crippen LogP contribution in [0.4, 0.5) is 15.1 Å². The van der Waals surface area contributed by atoms with Crippen molar-refractivity contribution in [2.75, 3.05) is 11.4 Å². The van der Waals surface area contributed by atoms with Crippen molar-refractivity contribution in [2.24, 2.45) is 0 Å². The maximum absolute atomic E-state index is 14.5. The summed E-state index contributed by atoms with van der Waals surface area (Å²) in [6.45, 7) is 7.05. The molecule has 0 aliphatic rings. The zero-order valence-electron chi connectivity index (χ0n) is 17.1. The Hall–Kier alpha value is -3.73. The van der Waals surface area contributed by atoms with Crippen LogP contribution in [0.25, 0.3) is 16.6 Å². The lowest BCUT2D eigenvalue weighted by Crippen LogP contribution is -2.40. The minimum atomic E-state index is -0.765. The summed E-state index contributed by atoms with van der Waals surface area (Å²) < 4.78 is 21.1. The quantitative estimate of drug-likeness (QED) is 0.649. The van der Waals surface area contributed by atoms with Crippen molar-refractivity contribution in [1.29, 1.82) is 5.26 Å². The van der Waals surface area contributed by atoms with Crippen LogP contribution < -0.4 is 10.5 Å². The van der Waals surface area contributed by atoms with Gasteiger partial charge in [-0.15, -0.1) is 0 Å². The van der Waals surface area contributed by atoms with Gasteiger partial charge in [-0.2, -0.15) is 5.26 Å². The lowest BCUT2D eigenvalue weighted by atomic mass is 10.2. The van der Waals surface area contributed by atoms with Crippen LogP contribution in [0.15, 0.2) is 47.3 Å². The third-order valence-electron chi connectivity index (χ3n) is 4.23. The van der Waals surface area contributed by atoms with E-state index in [4.69, 9.17) is 4.74 Å². The van der Waals surface area contributed by atoms with Gasteiger partial charge in [-0.3, -0.25) is 4.79 Å². The normalized spacial score (nSPS) is 11.2. The van der Waals surface area contributed by atoms with Gasteiger partial charge >= 0.3 is 6.09 Å². The molecule has 1 heterocycles. The van der Waals surface area contributed by atoms with E-state index in [1.807, 2.05) is 6.07 Å². The fraction of sp³-hybridized carbons (Fsp3) is 0.273. The van der Waals surface area contributed by atoms with Crippen LogP contribution in [0.2, 0.25) is 0 Å². The number of ether oxygens (including phenoxy) is 1. The average Bonchev–Trinajstić information content (AvgIpc) is 2.67. The molecule has 0 saturated carbocycles. The molecule has 0 fully saturated rings.